The van der Waals surface area contributed by atoms with Gasteiger partial charge in [-0.2, -0.15) is 0 Å². The minimum Gasteiger partial charge on any atom is -0.396 e. The predicted octanol–water partition coefficient (Wildman–Crippen LogP) is 3.33. The third-order valence-corrected chi connectivity index (χ3v) is 4.06. The van der Waals surface area contributed by atoms with Crippen molar-refractivity contribution in [2.24, 2.45) is 5.92 Å². The molecule has 0 aromatic heterocycles. The Labute approximate surface area is 108 Å². The molecule has 0 radical (unpaired) electrons. The summed E-state index contributed by atoms with van der Waals surface area (Å²) in [6, 6.07) is 7.95. The molecule has 2 rings (SSSR count). The molecule has 2 nitrogen and oxygen atoms in total. The fraction of sp³-hybridized carbons (Fsp3) is 0.571. The molecule has 0 saturated carbocycles. The van der Waals surface area contributed by atoms with E-state index in [2.05, 4.69) is 24.8 Å². The molecular weight excluding hydrogens is 234 g/mol. The Kier molecular flexibility index (Phi) is 3.64. The van der Waals surface area contributed by atoms with E-state index >= 15 is 0 Å². The number of hydrogen-bond acceptors (Lipinski definition) is 2. The predicted molar refractivity (Wildman–Crippen MR) is 72.7 cm³/mol. The standard InChI is InChI=1S/C14H20ClNO/c1-14(2)8-7-11(10-17)9-16(14)13-6-4-3-5-12(13)15/h3-6,11,17H,7-10H2,1-2H3. The van der Waals surface area contributed by atoms with Crippen LogP contribution in [0.25, 0.3) is 0 Å². The van der Waals surface area contributed by atoms with Crippen molar-refractivity contribution in [1.82, 2.24) is 0 Å². The van der Waals surface area contributed by atoms with Gasteiger partial charge in [-0.25, -0.2) is 0 Å². The molecule has 1 N–H and O–H groups in total. The summed E-state index contributed by atoms with van der Waals surface area (Å²) in [6.45, 7) is 5.62. The Morgan fingerprint density at radius 1 is 1.41 bits per heavy atom. The lowest BCUT2D eigenvalue weighted by Crippen LogP contribution is -2.51. The molecule has 1 unspecified atom stereocenters. The summed E-state index contributed by atoms with van der Waals surface area (Å²) in [5.41, 5.74) is 1.19. The highest BCUT2D eigenvalue weighted by Crippen LogP contribution is 2.37. The number of halogens is 1. The maximum atomic E-state index is 9.34. The highest BCUT2D eigenvalue weighted by Gasteiger charge is 2.34. The fourth-order valence-corrected chi connectivity index (χ4v) is 2.77. The summed E-state index contributed by atoms with van der Waals surface area (Å²) < 4.78 is 0. The summed E-state index contributed by atoms with van der Waals surface area (Å²) in [6.07, 6.45) is 2.17. The van der Waals surface area contributed by atoms with Crippen LogP contribution in [0.3, 0.4) is 0 Å². The van der Waals surface area contributed by atoms with Crippen molar-refractivity contribution in [3.63, 3.8) is 0 Å². The first-order chi connectivity index (χ1) is 8.04. The quantitative estimate of drug-likeness (QED) is 0.874. The van der Waals surface area contributed by atoms with Crippen LogP contribution in [0, 0.1) is 5.92 Å². The number of hydrogen-bond donors (Lipinski definition) is 1. The maximum absolute atomic E-state index is 9.34. The SMILES string of the molecule is CC1(C)CCC(CO)CN1c1ccccc1Cl. The van der Waals surface area contributed by atoms with E-state index in [4.69, 9.17) is 11.6 Å². The molecule has 0 amide bonds. The molecule has 0 bridgehead atoms. The number of piperidine rings is 1. The lowest BCUT2D eigenvalue weighted by atomic mass is 9.84. The monoisotopic (exact) mass is 253 g/mol. The summed E-state index contributed by atoms with van der Waals surface area (Å²) in [5.74, 6) is 0.360. The van der Waals surface area contributed by atoms with Crippen LogP contribution in [0.1, 0.15) is 26.7 Å². The van der Waals surface area contributed by atoms with Gasteiger partial charge >= 0.3 is 0 Å². The van der Waals surface area contributed by atoms with Crippen LogP contribution < -0.4 is 4.90 Å². The topological polar surface area (TPSA) is 23.5 Å². The Morgan fingerprint density at radius 2 is 2.12 bits per heavy atom. The normalized spacial score (nSPS) is 23.8. The number of aliphatic hydroxyl groups excluding tert-OH is 1. The van der Waals surface area contributed by atoms with Gasteiger partial charge in [0.1, 0.15) is 0 Å². The van der Waals surface area contributed by atoms with Gasteiger partial charge in [-0.1, -0.05) is 23.7 Å². The Morgan fingerprint density at radius 3 is 2.76 bits per heavy atom. The molecule has 1 heterocycles. The summed E-state index contributed by atoms with van der Waals surface area (Å²) in [4.78, 5) is 2.33. The minimum atomic E-state index is 0.108. The van der Waals surface area contributed by atoms with Crippen LogP contribution in [0.15, 0.2) is 24.3 Å². The van der Waals surface area contributed by atoms with Gasteiger partial charge in [0, 0.05) is 18.7 Å². The van der Waals surface area contributed by atoms with E-state index in [1.54, 1.807) is 0 Å². The number of nitrogens with zero attached hydrogens (tertiary/aromatic N) is 1. The number of benzene rings is 1. The maximum Gasteiger partial charge on any atom is 0.0639 e. The molecule has 94 valence electrons. The van der Waals surface area contributed by atoms with Crippen LogP contribution in [-0.4, -0.2) is 23.8 Å². The summed E-state index contributed by atoms with van der Waals surface area (Å²) in [5, 5.41) is 10.1. The van der Waals surface area contributed by atoms with Gasteiger partial charge in [0.2, 0.25) is 0 Å². The molecule has 1 fully saturated rings. The second-order valence-electron chi connectivity index (χ2n) is 5.46. The lowest BCUT2D eigenvalue weighted by molar-refractivity contribution is 0.181. The van der Waals surface area contributed by atoms with Crippen LogP contribution >= 0.6 is 11.6 Å². The molecule has 1 aromatic rings. The molecule has 1 aromatic carbocycles. The zero-order valence-corrected chi connectivity index (χ0v) is 11.2. The van der Waals surface area contributed by atoms with Gasteiger partial charge in [0.05, 0.1) is 10.7 Å². The first kappa shape index (κ1) is 12.7. The highest BCUT2D eigenvalue weighted by molar-refractivity contribution is 6.33. The Hall–Kier alpha value is -0.730. The van der Waals surface area contributed by atoms with E-state index in [0.717, 1.165) is 30.1 Å². The van der Waals surface area contributed by atoms with E-state index in [0.29, 0.717) is 5.92 Å². The zero-order chi connectivity index (χ0) is 12.5. The van der Waals surface area contributed by atoms with Crippen molar-refractivity contribution in [2.45, 2.75) is 32.2 Å². The van der Waals surface area contributed by atoms with Crippen LogP contribution in [0.5, 0.6) is 0 Å². The van der Waals surface area contributed by atoms with Crippen molar-refractivity contribution < 1.29 is 5.11 Å². The average molecular weight is 254 g/mol. The highest BCUT2D eigenvalue weighted by atomic mass is 35.5. The fourth-order valence-electron chi connectivity index (χ4n) is 2.53. The largest absolute Gasteiger partial charge is 0.396 e. The van der Waals surface area contributed by atoms with Crippen LogP contribution in [0.2, 0.25) is 5.02 Å². The zero-order valence-electron chi connectivity index (χ0n) is 10.5. The Balaban J connectivity index is 2.30. The van der Waals surface area contributed by atoms with Crippen molar-refractivity contribution in [2.75, 3.05) is 18.1 Å². The molecule has 17 heavy (non-hydrogen) atoms. The van der Waals surface area contributed by atoms with Gasteiger partial charge in [-0.3, -0.25) is 0 Å². The van der Waals surface area contributed by atoms with E-state index in [1.807, 2.05) is 18.2 Å². The second kappa shape index (κ2) is 4.87. The molecule has 1 atom stereocenters. The third kappa shape index (κ3) is 2.58. The van der Waals surface area contributed by atoms with Gasteiger partial charge in [0.25, 0.3) is 0 Å². The van der Waals surface area contributed by atoms with E-state index in [-0.39, 0.29) is 12.1 Å². The van der Waals surface area contributed by atoms with E-state index in [1.165, 1.54) is 0 Å². The minimum absolute atomic E-state index is 0.108. The molecule has 3 heteroatoms. The van der Waals surface area contributed by atoms with Crippen molar-refractivity contribution >= 4 is 17.3 Å². The van der Waals surface area contributed by atoms with E-state index in [9.17, 15) is 5.11 Å². The third-order valence-electron chi connectivity index (χ3n) is 3.74. The Bertz CT molecular complexity index is 392. The van der Waals surface area contributed by atoms with Crippen molar-refractivity contribution in [3.8, 4) is 0 Å². The molecule has 0 aliphatic carbocycles. The molecule has 1 aliphatic heterocycles. The second-order valence-corrected chi connectivity index (χ2v) is 5.87. The average Bonchev–Trinajstić information content (AvgIpc) is 2.30. The lowest BCUT2D eigenvalue weighted by Gasteiger charge is -2.47. The number of aliphatic hydroxyl groups is 1. The molecule has 1 aliphatic rings. The smallest absolute Gasteiger partial charge is 0.0639 e. The molecule has 1 saturated heterocycles. The molecule has 0 spiro atoms. The van der Waals surface area contributed by atoms with Crippen molar-refractivity contribution in [1.29, 1.82) is 0 Å². The number of rotatable bonds is 2. The summed E-state index contributed by atoms with van der Waals surface area (Å²) in [7, 11) is 0. The number of para-hydroxylation sites is 1. The number of anilines is 1. The van der Waals surface area contributed by atoms with E-state index < -0.39 is 0 Å². The molecular formula is C14H20ClNO. The summed E-state index contributed by atoms with van der Waals surface area (Å²) >= 11 is 6.27. The van der Waals surface area contributed by atoms with Gasteiger partial charge in [-0.15, -0.1) is 0 Å². The first-order valence-corrected chi connectivity index (χ1v) is 6.55. The van der Waals surface area contributed by atoms with Crippen LogP contribution in [-0.2, 0) is 0 Å². The van der Waals surface area contributed by atoms with Gasteiger partial charge in [-0.05, 0) is 44.7 Å². The van der Waals surface area contributed by atoms with Crippen molar-refractivity contribution in [3.05, 3.63) is 29.3 Å². The van der Waals surface area contributed by atoms with Gasteiger partial charge < -0.3 is 10.0 Å². The van der Waals surface area contributed by atoms with Crippen LogP contribution in [0.4, 0.5) is 5.69 Å². The van der Waals surface area contributed by atoms with Gasteiger partial charge in [0.15, 0.2) is 0 Å². The first-order valence-electron chi connectivity index (χ1n) is 6.17.